The highest BCUT2D eigenvalue weighted by Crippen LogP contribution is 2.29. The van der Waals surface area contributed by atoms with Crippen molar-refractivity contribution < 1.29 is 23.1 Å². The molecule has 8 heteroatoms. The van der Waals surface area contributed by atoms with Crippen LogP contribution in [0, 0.1) is 11.8 Å². The predicted molar refractivity (Wildman–Crippen MR) is 93.6 cm³/mol. The number of rotatable bonds is 7. The summed E-state index contributed by atoms with van der Waals surface area (Å²) in [6.07, 6.45) is 2.82. The van der Waals surface area contributed by atoms with Crippen LogP contribution in [0.25, 0.3) is 0 Å². The Morgan fingerprint density at radius 2 is 1.64 bits per heavy atom. The second-order valence-electron chi connectivity index (χ2n) is 6.30. The van der Waals surface area contributed by atoms with Crippen LogP contribution in [0.5, 0.6) is 0 Å². The average Bonchev–Trinajstić information content (AvgIpc) is 2.60. The number of carbonyl (C=O) groups excluding carboxylic acids is 1. The zero-order valence-corrected chi connectivity index (χ0v) is 15.0. The highest BCUT2D eigenvalue weighted by Gasteiger charge is 2.29. The lowest BCUT2D eigenvalue weighted by atomic mass is 9.81. The molecule has 0 radical (unpaired) electrons. The van der Waals surface area contributed by atoms with Crippen molar-refractivity contribution in [2.75, 3.05) is 11.9 Å². The molecule has 1 aromatic rings. The van der Waals surface area contributed by atoms with E-state index in [1.54, 1.807) is 12.1 Å². The minimum atomic E-state index is -3.52. The van der Waals surface area contributed by atoms with Gasteiger partial charge in [0.25, 0.3) is 0 Å². The molecule has 7 nitrogen and oxygen atoms in total. The van der Waals surface area contributed by atoms with Gasteiger partial charge in [0.1, 0.15) is 0 Å². The fourth-order valence-corrected chi connectivity index (χ4v) is 4.02. The number of carboxylic acid groups (broad SMARTS) is 1. The Balaban J connectivity index is 1.93. The Hall–Kier alpha value is -1.93. The van der Waals surface area contributed by atoms with E-state index >= 15 is 0 Å². The first-order chi connectivity index (χ1) is 11.8. The lowest BCUT2D eigenvalue weighted by Gasteiger charge is -2.25. The molecule has 2 rings (SSSR count). The van der Waals surface area contributed by atoms with Crippen LogP contribution in [0.4, 0.5) is 5.69 Å². The Kier molecular flexibility index (Phi) is 6.55. The molecule has 0 aromatic heterocycles. The summed E-state index contributed by atoms with van der Waals surface area (Å²) in [6.45, 7) is 2.25. The number of sulfonamides is 1. The maximum absolute atomic E-state index is 12.3. The van der Waals surface area contributed by atoms with E-state index < -0.39 is 16.0 Å². The van der Waals surface area contributed by atoms with Crippen LogP contribution in [0.15, 0.2) is 29.2 Å². The SMILES string of the molecule is CCCNS(=O)(=O)c1ccc(NC(=O)C2CCC(C(=O)O)CC2)cc1. The van der Waals surface area contributed by atoms with Gasteiger partial charge in [-0.05, 0) is 56.4 Å². The number of benzene rings is 1. The van der Waals surface area contributed by atoms with Crippen LogP contribution >= 0.6 is 0 Å². The zero-order chi connectivity index (χ0) is 18.4. The smallest absolute Gasteiger partial charge is 0.306 e. The third-order valence-corrected chi connectivity index (χ3v) is 5.90. The van der Waals surface area contributed by atoms with Crippen molar-refractivity contribution in [3.05, 3.63) is 24.3 Å². The molecule has 0 bridgehead atoms. The molecule has 0 unspecified atom stereocenters. The highest BCUT2D eigenvalue weighted by atomic mass is 32.2. The Morgan fingerprint density at radius 3 is 2.16 bits per heavy atom. The molecule has 1 amide bonds. The van der Waals surface area contributed by atoms with E-state index in [0.717, 1.165) is 0 Å². The van der Waals surface area contributed by atoms with Gasteiger partial charge in [0.2, 0.25) is 15.9 Å². The van der Waals surface area contributed by atoms with Gasteiger partial charge < -0.3 is 10.4 Å². The molecule has 1 fully saturated rings. The van der Waals surface area contributed by atoms with Crippen LogP contribution < -0.4 is 10.0 Å². The predicted octanol–water partition coefficient (Wildman–Crippen LogP) is 2.20. The maximum atomic E-state index is 12.3. The van der Waals surface area contributed by atoms with Crippen LogP contribution in [-0.4, -0.2) is 31.9 Å². The van der Waals surface area contributed by atoms with Gasteiger partial charge in [-0.3, -0.25) is 9.59 Å². The molecule has 0 spiro atoms. The Morgan fingerprint density at radius 1 is 1.08 bits per heavy atom. The standard InChI is InChI=1S/C17H24N2O5S/c1-2-11-18-25(23,24)15-9-7-14(8-10-15)19-16(20)12-3-5-13(6-4-12)17(21)22/h7-10,12-13,18H,2-6,11H2,1H3,(H,19,20)(H,21,22). The van der Waals surface area contributed by atoms with Crippen molar-refractivity contribution in [3.63, 3.8) is 0 Å². The summed E-state index contributed by atoms with van der Waals surface area (Å²) in [5.41, 5.74) is 0.528. The molecule has 1 aliphatic carbocycles. The molecular weight excluding hydrogens is 344 g/mol. The largest absolute Gasteiger partial charge is 0.481 e. The van der Waals surface area contributed by atoms with Crippen molar-refractivity contribution in [1.29, 1.82) is 0 Å². The van der Waals surface area contributed by atoms with E-state index in [0.29, 0.717) is 44.3 Å². The molecule has 1 aliphatic rings. The lowest BCUT2D eigenvalue weighted by Crippen LogP contribution is -2.29. The fourth-order valence-electron chi connectivity index (χ4n) is 2.88. The van der Waals surface area contributed by atoms with E-state index in [1.165, 1.54) is 12.1 Å². The van der Waals surface area contributed by atoms with E-state index in [9.17, 15) is 18.0 Å². The normalized spacial score (nSPS) is 20.8. The summed E-state index contributed by atoms with van der Waals surface area (Å²) >= 11 is 0. The number of nitrogens with one attached hydrogen (secondary N) is 2. The van der Waals surface area contributed by atoms with E-state index in [1.807, 2.05) is 6.92 Å². The topological polar surface area (TPSA) is 113 Å². The van der Waals surface area contributed by atoms with Crippen LogP contribution in [0.3, 0.4) is 0 Å². The number of anilines is 1. The van der Waals surface area contributed by atoms with E-state index in [4.69, 9.17) is 5.11 Å². The first-order valence-corrected chi connectivity index (χ1v) is 9.95. The summed E-state index contributed by atoms with van der Waals surface area (Å²) in [7, 11) is -3.52. The molecule has 1 aromatic carbocycles. The number of carbonyl (C=O) groups is 2. The van der Waals surface area contributed by atoms with Crippen molar-refractivity contribution in [3.8, 4) is 0 Å². The third kappa shape index (κ3) is 5.27. The third-order valence-electron chi connectivity index (χ3n) is 4.42. The quantitative estimate of drug-likeness (QED) is 0.683. The number of amides is 1. The summed E-state index contributed by atoms with van der Waals surface area (Å²) < 4.78 is 26.5. The van der Waals surface area contributed by atoms with Crippen molar-refractivity contribution in [1.82, 2.24) is 4.72 Å². The lowest BCUT2D eigenvalue weighted by molar-refractivity contribution is -0.143. The van der Waals surface area contributed by atoms with Crippen molar-refractivity contribution in [2.24, 2.45) is 11.8 Å². The summed E-state index contributed by atoms with van der Waals surface area (Å²) in [6, 6.07) is 6.02. The summed E-state index contributed by atoms with van der Waals surface area (Å²) in [5, 5.41) is 11.8. The second kappa shape index (κ2) is 8.44. The van der Waals surface area contributed by atoms with Gasteiger partial charge in [-0.1, -0.05) is 6.92 Å². The van der Waals surface area contributed by atoms with Crippen LogP contribution in [0.1, 0.15) is 39.0 Å². The van der Waals surface area contributed by atoms with Gasteiger partial charge in [0.05, 0.1) is 10.8 Å². The van der Waals surface area contributed by atoms with E-state index in [-0.39, 0.29) is 22.6 Å². The molecular formula is C17H24N2O5S. The van der Waals surface area contributed by atoms with Crippen LogP contribution in [-0.2, 0) is 19.6 Å². The van der Waals surface area contributed by atoms with Crippen molar-refractivity contribution >= 4 is 27.6 Å². The van der Waals surface area contributed by atoms with Crippen molar-refractivity contribution in [2.45, 2.75) is 43.9 Å². The van der Waals surface area contributed by atoms with Gasteiger partial charge in [-0.2, -0.15) is 0 Å². The van der Waals surface area contributed by atoms with Gasteiger partial charge >= 0.3 is 5.97 Å². The molecule has 138 valence electrons. The zero-order valence-electron chi connectivity index (χ0n) is 14.2. The minimum Gasteiger partial charge on any atom is -0.481 e. The summed E-state index contributed by atoms with van der Waals surface area (Å²) in [4.78, 5) is 23.4. The molecule has 25 heavy (non-hydrogen) atoms. The molecule has 3 N–H and O–H groups in total. The van der Waals surface area contributed by atoms with Gasteiger partial charge in [-0.25, -0.2) is 13.1 Å². The molecule has 0 atom stereocenters. The average molecular weight is 368 g/mol. The second-order valence-corrected chi connectivity index (χ2v) is 8.07. The first kappa shape index (κ1) is 19.4. The molecule has 0 heterocycles. The van der Waals surface area contributed by atoms with Gasteiger partial charge in [0, 0.05) is 18.2 Å². The highest BCUT2D eigenvalue weighted by molar-refractivity contribution is 7.89. The number of carboxylic acids is 1. The number of hydrogen-bond donors (Lipinski definition) is 3. The van der Waals surface area contributed by atoms with E-state index in [2.05, 4.69) is 10.0 Å². The van der Waals surface area contributed by atoms with Gasteiger partial charge in [-0.15, -0.1) is 0 Å². The monoisotopic (exact) mass is 368 g/mol. The Labute approximate surface area is 147 Å². The Bertz CT molecular complexity index is 707. The molecule has 0 aliphatic heterocycles. The van der Waals surface area contributed by atoms with Crippen LogP contribution in [0.2, 0.25) is 0 Å². The maximum Gasteiger partial charge on any atom is 0.306 e. The summed E-state index contributed by atoms with van der Waals surface area (Å²) in [5.74, 6) is -1.51. The van der Waals surface area contributed by atoms with Gasteiger partial charge in [0.15, 0.2) is 0 Å². The number of aliphatic carboxylic acids is 1. The molecule has 0 saturated heterocycles. The number of hydrogen-bond acceptors (Lipinski definition) is 4. The fraction of sp³-hybridized carbons (Fsp3) is 0.529. The molecule has 1 saturated carbocycles. The minimum absolute atomic E-state index is 0.149. The first-order valence-electron chi connectivity index (χ1n) is 8.47.